The maximum Gasteiger partial charge on any atom is 0.319 e. The van der Waals surface area contributed by atoms with Crippen LogP contribution in [-0.2, 0) is 0 Å². The van der Waals surface area contributed by atoms with E-state index in [9.17, 15) is 9.18 Å². The van der Waals surface area contributed by atoms with Crippen LogP contribution in [0.25, 0.3) is 10.1 Å². The third-order valence-electron chi connectivity index (χ3n) is 5.72. The van der Waals surface area contributed by atoms with Crippen molar-refractivity contribution in [3.63, 3.8) is 0 Å². The first-order valence-electron chi connectivity index (χ1n) is 11.0. The number of nitrogens with zero attached hydrogens (tertiary/aromatic N) is 2. The molecule has 1 aliphatic rings. The molecule has 0 atom stereocenters. The van der Waals surface area contributed by atoms with E-state index in [0.29, 0.717) is 17.3 Å². The average Bonchev–Trinajstić information content (AvgIpc) is 3.03. The van der Waals surface area contributed by atoms with E-state index in [-0.39, 0.29) is 11.8 Å². The minimum absolute atomic E-state index is 0.177. The first kappa shape index (κ1) is 22.8. The highest BCUT2D eigenvalue weighted by molar-refractivity contribution is 7.17. The van der Waals surface area contributed by atoms with Gasteiger partial charge in [-0.15, -0.1) is 11.3 Å². The molecule has 8 heteroatoms. The van der Waals surface area contributed by atoms with Crippen molar-refractivity contribution in [3.05, 3.63) is 58.7 Å². The molecular weight excluding hydrogens is 447 g/mol. The maximum absolute atomic E-state index is 13.5. The summed E-state index contributed by atoms with van der Waals surface area (Å²) in [7, 11) is 0. The van der Waals surface area contributed by atoms with E-state index in [4.69, 9.17) is 11.6 Å². The molecule has 1 aromatic heterocycles. The Hall–Kier alpha value is -2.35. The Bertz CT molecular complexity index is 1060. The van der Waals surface area contributed by atoms with Gasteiger partial charge in [-0.1, -0.05) is 17.7 Å². The highest BCUT2D eigenvalue weighted by atomic mass is 35.5. The molecule has 0 saturated carbocycles. The summed E-state index contributed by atoms with van der Waals surface area (Å²) in [6, 6.07) is 12.0. The summed E-state index contributed by atoms with van der Waals surface area (Å²) in [4.78, 5) is 16.9. The first-order chi connectivity index (χ1) is 15.6. The molecule has 0 bridgehead atoms. The predicted molar refractivity (Wildman–Crippen MR) is 133 cm³/mol. The van der Waals surface area contributed by atoms with Crippen LogP contribution >= 0.6 is 22.9 Å². The van der Waals surface area contributed by atoms with Crippen molar-refractivity contribution in [2.45, 2.75) is 19.3 Å². The van der Waals surface area contributed by atoms with Crippen LogP contribution in [-0.4, -0.2) is 50.2 Å². The molecule has 1 saturated heterocycles. The Kier molecular flexibility index (Phi) is 7.84. The van der Waals surface area contributed by atoms with Gasteiger partial charge in [0.05, 0.1) is 5.69 Å². The van der Waals surface area contributed by atoms with Crippen LogP contribution in [0.4, 0.5) is 20.6 Å². The maximum atomic E-state index is 13.5. The molecule has 3 aromatic rings. The number of hydrogen-bond donors (Lipinski definition) is 2. The largest absolute Gasteiger partial charge is 0.369 e. The van der Waals surface area contributed by atoms with Crippen LogP contribution in [0, 0.1) is 5.82 Å². The predicted octanol–water partition coefficient (Wildman–Crippen LogP) is 5.81. The number of nitrogens with one attached hydrogen (secondary N) is 2. The standard InChI is InChI=1S/C24H28ClFN4OS/c25-18-5-3-6-20(15-18)28-24(31)27-9-1-2-10-29-11-4-12-30(14-13-29)22-17-32-23-16-19(26)7-8-21(22)23/h3,5-8,15-17H,1-2,4,9-14H2,(H2,27,28,31). The lowest BCUT2D eigenvalue weighted by Gasteiger charge is -2.23. The fraction of sp³-hybridized carbons (Fsp3) is 0.375. The minimum Gasteiger partial charge on any atom is -0.369 e. The fourth-order valence-electron chi connectivity index (χ4n) is 4.07. The van der Waals surface area contributed by atoms with E-state index in [1.54, 1.807) is 41.7 Å². The second-order valence-corrected chi connectivity index (χ2v) is 9.39. The van der Waals surface area contributed by atoms with Gasteiger partial charge in [0.1, 0.15) is 5.82 Å². The summed E-state index contributed by atoms with van der Waals surface area (Å²) >= 11 is 7.55. The first-order valence-corrected chi connectivity index (χ1v) is 12.3. The minimum atomic E-state index is -0.208. The van der Waals surface area contributed by atoms with Crippen LogP contribution in [0.2, 0.25) is 5.02 Å². The Morgan fingerprint density at radius 1 is 1.09 bits per heavy atom. The molecule has 4 rings (SSSR count). The number of carbonyl (C=O) groups excluding carboxylic acids is 1. The molecule has 170 valence electrons. The Morgan fingerprint density at radius 2 is 2.00 bits per heavy atom. The summed E-state index contributed by atoms with van der Waals surface area (Å²) in [5.41, 5.74) is 1.91. The van der Waals surface area contributed by atoms with E-state index in [1.807, 2.05) is 12.1 Å². The number of amides is 2. The van der Waals surface area contributed by atoms with Gasteiger partial charge in [0, 0.05) is 52.4 Å². The van der Waals surface area contributed by atoms with Gasteiger partial charge in [0.2, 0.25) is 0 Å². The molecule has 2 N–H and O–H groups in total. The summed E-state index contributed by atoms with van der Waals surface area (Å²) in [5, 5.41) is 9.59. The Balaban J connectivity index is 1.17. The second kappa shape index (κ2) is 11.0. The smallest absolute Gasteiger partial charge is 0.319 e. The lowest BCUT2D eigenvalue weighted by molar-refractivity contribution is 0.251. The van der Waals surface area contributed by atoms with Crippen molar-refractivity contribution in [1.82, 2.24) is 10.2 Å². The number of benzene rings is 2. The van der Waals surface area contributed by atoms with Crippen LogP contribution in [0.5, 0.6) is 0 Å². The highest BCUT2D eigenvalue weighted by Crippen LogP contribution is 2.34. The number of thiophene rings is 1. The SMILES string of the molecule is O=C(NCCCCN1CCCN(c2csc3cc(F)ccc23)CC1)Nc1cccc(Cl)c1. The van der Waals surface area contributed by atoms with E-state index in [2.05, 4.69) is 25.8 Å². The highest BCUT2D eigenvalue weighted by Gasteiger charge is 2.17. The van der Waals surface area contributed by atoms with E-state index in [0.717, 1.165) is 62.1 Å². The number of halogens is 2. The molecule has 0 radical (unpaired) electrons. The molecule has 0 unspecified atom stereocenters. The van der Waals surface area contributed by atoms with Crippen molar-refractivity contribution in [1.29, 1.82) is 0 Å². The number of rotatable bonds is 7. The fourth-order valence-corrected chi connectivity index (χ4v) is 5.26. The van der Waals surface area contributed by atoms with Gasteiger partial charge in [0.15, 0.2) is 0 Å². The summed E-state index contributed by atoms with van der Waals surface area (Å²) in [6.45, 7) is 5.76. The lowest BCUT2D eigenvalue weighted by atomic mass is 10.2. The van der Waals surface area contributed by atoms with E-state index >= 15 is 0 Å². The molecule has 2 amide bonds. The molecule has 32 heavy (non-hydrogen) atoms. The van der Waals surface area contributed by atoms with Gasteiger partial charge < -0.3 is 20.4 Å². The molecule has 1 aliphatic heterocycles. The average molecular weight is 475 g/mol. The molecule has 0 aliphatic carbocycles. The van der Waals surface area contributed by atoms with E-state index < -0.39 is 0 Å². The summed E-state index contributed by atoms with van der Waals surface area (Å²) < 4.78 is 14.5. The van der Waals surface area contributed by atoms with Crippen molar-refractivity contribution < 1.29 is 9.18 Å². The zero-order chi connectivity index (χ0) is 22.3. The van der Waals surface area contributed by atoms with Crippen LogP contribution in [0.3, 0.4) is 0 Å². The van der Waals surface area contributed by atoms with E-state index in [1.165, 1.54) is 5.69 Å². The topological polar surface area (TPSA) is 47.6 Å². The number of unbranched alkanes of at least 4 members (excludes halogenated alkanes) is 1. The molecule has 2 aromatic carbocycles. The van der Waals surface area contributed by atoms with Crippen molar-refractivity contribution in [2.75, 3.05) is 49.5 Å². The molecule has 0 spiro atoms. The number of urea groups is 1. The lowest BCUT2D eigenvalue weighted by Crippen LogP contribution is -2.32. The van der Waals surface area contributed by atoms with Crippen LogP contribution in [0.15, 0.2) is 47.8 Å². The quantitative estimate of drug-likeness (QED) is 0.425. The molecule has 1 fully saturated rings. The third kappa shape index (κ3) is 6.12. The summed E-state index contributed by atoms with van der Waals surface area (Å²) in [5.74, 6) is -0.177. The number of hydrogen-bond acceptors (Lipinski definition) is 4. The molecule has 5 nitrogen and oxygen atoms in total. The zero-order valence-corrected chi connectivity index (χ0v) is 19.5. The van der Waals surface area contributed by atoms with Crippen molar-refractivity contribution >= 4 is 50.4 Å². The number of carbonyl (C=O) groups is 1. The third-order valence-corrected chi connectivity index (χ3v) is 6.88. The van der Waals surface area contributed by atoms with Gasteiger partial charge in [-0.3, -0.25) is 0 Å². The monoisotopic (exact) mass is 474 g/mol. The van der Waals surface area contributed by atoms with Gasteiger partial charge in [-0.25, -0.2) is 9.18 Å². The molecular formula is C24H28ClFN4OS. The van der Waals surface area contributed by atoms with Gasteiger partial charge >= 0.3 is 6.03 Å². The molecule has 2 heterocycles. The zero-order valence-electron chi connectivity index (χ0n) is 17.9. The Morgan fingerprint density at radius 3 is 2.88 bits per heavy atom. The van der Waals surface area contributed by atoms with Gasteiger partial charge in [-0.05, 0) is 68.8 Å². The summed E-state index contributed by atoms with van der Waals surface area (Å²) in [6.07, 6.45) is 3.08. The normalized spacial score (nSPS) is 15.0. The van der Waals surface area contributed by atoms with Gasteiger partial charge in [0.25, 0.3) is 0 Å². The van der Waals surface area contributed by atoms with Crippen LogP contribution < -0.4 is 15.5 Å². The van der Waals surface area contributed by atoms with Crippen LogP contribution in [0.1, 0.15) is 19.3 Å². The van der Waals surface area contributed by atoms with Gasteiger partial charge in [-0.2, -0.15) is 0 Å². The number of fused-ring (bicyclic) bond motifs is 1. The Labute approximate surface area is 197 Å². The van der Waals surface area contributed by atoms with Crippen molar-refractivity contribution in [2.24, 2.45) is 0 Å². The second-order valence-electron chi connectivity index (χ2n) is 8.04. The van der Waals surface area contributed by atoms with Crippen molar-refractivity contribution in [3.8, 4) is 0 Å². The number of anilines is 2.